The van der Waals surface area contributed by atoms with Crippen LogP contribution in [0.4, 0.5) is 0 Å². The molecule has 2 unspecified atom stereocenters. The molecule has 4 nitrogen and oxygen atoms in total. The molecule has 100 valence electrons. The fraction of sp³-hybridized carbons (Fsp3) is 0.846. The van der Waals surface area contributed by atoms with Gasteiger partial charge in [-0.25, -0.2) is 0 Å². The van der Waals surface area contributed by atoms with E-state index in [0.29, 0.717) is 0 Å². The van der Waals surface area contributed by atoms with Gasteiger partial charge in [0.2, 0.25) is 0 Å². The lowest BCUT2D eigenvalue weighted by Gasteiger charge is -2.15. The van der Waals surface area contributed by atoms with Gasteiger partial charge in [0.25, 0.3) is 0 Å². The lowest BCUT2D eigenvalue weighted by molar-refractivity contribution is -0.148. The lowest BCUT2D eigenvalue weighted by atomic mass is 10.1. The Morgan fingerprint density at radius 3 is 2.00 bits per heavy atom. The Morgan fingerprint density at radius 1 is 1.00 bits per heavy atom. The quantitative estimate of drug-likeness (QED) is 0.486. The molecule has 0 aliphatic rings. The van der Waals surface area contributed by atoms with Gasteiger partial charge in [-0.15, -0.1) is 0 Å². The Hall–Kier alpha value is -1.06. The standard InChI is InChI=1S/C13H24O4/c1-5-13(17-12(4)15)9-7-6-8-10(2)16-11(3)14/h10,13H,5-9H2,1-4H3. The summed E-state index contributed by atoms with van der Waals surface area (Å²) in [6.07, 6.45) is 4.54. The predicted molar refractivity (Wildman–Crippen MR) is 65.5 cm³/mol. The number of hydrogen-bond donors (Lipinski definition) is 0. The van der Waals surface area contributed by atoms with Crippen molar-refractivity contribution < 1.29 is 19.1 Å². The summed E-state index contributed by atoms with van der Waals surface area (Å²) >= 11 is 0. The summed E-state index contributed by atoms with van der Waals surface area (Å²) in [5, 5.41) is 0. The molecule has 0 aromatic carbocycles. The van der Waals surface area contributed by atoms with E-state index in [9.17, 15) is 9.59 Å². The molecule has 0 radical (unpaired) electrons. The Balaban J connectivity index is 3.61. The molecule has 4 heteroatoms. The minimum Gasteiger partial charge on any atom is -0.463 e. The zero-order chi connectivity index (χ0) is 13.3. The van der Waals surface area contributed by atoms with Crippen LogP contribution in [0.5, 0.6) is 0 Å². The van der Waals surface area contributed by atoms with Crippen LogP contribution in [0.2, 0.25) is 0 Å². The molecule has 0 aromatic rings. The normalized spacial score (nSPS) is 13.9. The number of rotatable bonds is 8. The molecular formula is C13H24O4. The first-order chi connectivity index (χ1) is 7.95. The number of ether oxygens (including phenoxy) is 2. The summed E-state index contributed by atoms with van der Waals surface area (Å²) < 4.78 is 10.2. The molecule has 0 aromatic heterocycles. The van der Waals surface area contributed by atoms with Crippen molar-refractivity contribution in [2.45, 2.75) is 72.0 Å². The summed E-state index contributed by atoms with van der Waals surface area (Å²) in [5.74, 6) is -0.450. The molecule has 0 N–H and O–H groups in total. The summed E-state index contributed by atoms with van der Waals surface area (Å²) in [5.41, 5.74) is 0. The Kier molecular flexibility index (Phi) is 8.46. The van der Waals surface area contributed by atoms with Crippen LogP contribution >= 0.6 is 0 Å². The Bertz CT molecular complexity index is 238. The zero-order valence-corrected chi connectivity index (χ0v) is 11.3. The summed E-state index contributed by atoms with van der Waals surface area (Å²) in [6.45, 7) is 6.76. The van der Waals surface area contributed by atoms with Gasteiger partial charge in [-0.3, -0.25) is 9.59 Å². The van der Waals surface area contributed by atoms with Crippen LogP contribution in [-0.2, 0) is 19.1 Å². The number of unbranched alkanes of at least 4 members (excludes halogenated alkanes) is 1. The van der Waals surface area contributed by atoms with Crippen molar-refractivity contribution in [1.29, 1.82) is 0 Å². The van der Waals surface area contributed by atoms with Crippen molar-refractivity contribution in [3.05, 3.63) is 0 Å². The molecule has 0 bridgehead atoms. The maximum absolute atomic E-state index is 10.8. The van der Waals surface area contributed by atoms with Crippen molar-refractivity contribution in [3.63, 3.8) is 0 Å². The van der Waals surface area contributed by atoms with E-state index in [4.69, 9.17) is 9.47 Å². The molecule has 0 spiro atoms. The van der Waals surface area contributed by atoms with Gasteiger partial charge in [-0.2, -0.15) is 0 Å². The molecule has 0 amide bonds. The van der Waals surface area contributed by atoms with Crippen LogP contribution in [0.3, 0.4) is 0 Å². The molecule has 0 aliphatic heterocycles. The van der Waals surface area contributed by atoms with Crippen LogP contribution in [0.1, 0.15) is 59.8 Å². The third-order valence-electron chi connectivity index (χ3n) is 2.54. The second-order valence-corrected chi connectivity index (χ2v) is 4.34. The van der Waals surface area contributed by atoms with Crippen molar-refractivity contribution in [2.75, 3.05) is 0 Å². The van der Waals surface area contributed by atoms with Gasteiger partial charge in [-0.05, 0) is 39.0 Å². The van der Waals surface area contributed by atoms with Crippen molar-refractivity contribution in [2.24, 2.45) is 0 Å². The van der Waals surface area contributed by atoms with Crippen LogP contribution in [-0.4, -0.2) is 24.1 Å². The largest absolute Gasteiger partial charge is 0.463 e. The van der Waals surface area contributed by atoms with Gasteiger partial charge < -0.3 is 9.47 Å². The minimum atomic E-state index is -0.233. The van der Waals surface area contributed by atoms with E-state index in [0.717, 1.165) is 32.1 Å². The topological polar surface area (TPSA) is 52.6 Å². The van der Waals surface area contributed by atoms with Gasteiger partial charge in [0.15, 0.2) is 0 Å². The van der Waals surface area contributed by atoms with Gasteiger partial charge in [0.1, 0.15) is 6.10 Å². The lowest BCUT2D eigenvalue weighted by Crippen LogP contribution is -2.16. The van der Waals surface area contributed by atoms with Gasteiger partial charge in [-0.1, -0.05) is 6.92 Å². The SMILES string of the molecule is CCC(CCCCC(C)OC(C)=O)OC(C)=O. The average Bonchev–Trinajstić information content (AvgIpc) is 2.20. The second-order valence-electron chi connectivity index (χ2n) is 4.34. The van der Waals surface area contributed by atoms with Crippen LogP contribution in [0.15, 0.2) is 0 Å². The van der Waals surface area contributed by atoms with Crippen molar-refractivity contribution >= 4 is 11.9 Å². The van der Waals surface area contributed by atoms with Crippen LogP contribution in [0.25, 0.3) is 0 Å². The first-order valence-corrected chi connectivity index (χ1v) is 6.30. The highest BCUT2D eigenvalue weighted by Gasteiger charge is 2.10. The maximum Gasteiger partial charge on any atom is 0.302 e. The average molecular weight is 244 g/mol. The molecule has 17 heavy (non-hydrogen) atoms. The zero-order valence-electron chi connectivity index (χ0n) is 11.3. The van der Waals surface area contributed by atoms with E-state index < -0.39 is 0 Å². The molecule has 0 fully saturated rings. The molecule has 2 atom stereocenters. The predicted octanol–water partition coefficient (Wildman–Crippen LogP) is 2.84. The summed E-state index contributed by atoms with van der Waals surface area (Å²) in [7, 11) is 0. The van der Waals surface area contributed by atoms with E-state index in [2.05, 4.69) is 0 Å². The van der Waals surface area contributed by atoms with Crippen LogP contribution < -0.4 is 0 Å². The molecular weight excluding hydrogens is 220 g/mol. The highest BCUT2D eigenvalue weighted by Crippen LogP contribution is 2.12. The molecule has 0 heterocycles. The van der Waals surface area contributed by atoms with Crippen molar-refractivity contribution in [3.8, 4) is 0 Å². The van der Waals surface area contributed by atoms with Crippen LogP contribution in [0, 0.1) is 0 Å². The minimum absolute atomic E-state index is 0.0246. The van der Waals surface area contributed by atoms with Gasteiger partial charge in [0, 0.05) is 13.8 Å². The Labute approximate surface area is 104 Å². The number of carbonyl (C=O) groups is 2. The number of esters is 2. The fourth-order valence-electron chi connectivity index (χ4n) is 1.73. The highest BCUT2D eigenvalue weighted by molar-refractivity contribution is 5.66. The van der Waals surface area contributed by atoms with Gasteiger partial charge >= 0.3 is 11.9 Å². The molecule has 0 saturated carbocycles. The fourth-order valence-corrected chi connectivity index (χ4v) is 1.73. The molecule has 0 aliphatic carbocycles. The van der Waals surface area contributed by atoms with Crippen molar-refractivity contribution in [1.82, 2.24) is 0 Å². The van der Waals surface area contributed by atoms with E-state index >= 15 is 0 Å². The number of hydrogen-bond acceptors (Lipinski definition) is 4. The van der Waals surface area contributed by atoms with Gasteiger partial charge in [0.05, 0.1) is 6.10 Å². The first-order valence-electron chi connectivity index (χ1n) is 6.30. The molecule has 0 rings (SSSR count). The third kappa shape index (κ3) is 9.85. The summed E-state index contributed by atoms with van der Waals surface area (Å²) in [4.78, 5) is 21.5. The monoisotopic (exact) mass is 244 g/mol. The summed E-state index contributed by atoms with van der Waals surface area (Å²) in [6, 6.07) is 0. The smallest absolute Gasteiger partial charge is 0.302 e. The maximum atomic E-state index is 10.8. The van der Waals surface area contributed by atoms with E-state index in [1.807, 2.05) is 13.8 Å². The first kappa shape index (κ1) is 15.9. The third-order valence-corrected chi connectivity index (χ3v) is 2.54. The second kappa shape index (κ2) is 9.02. The highest BCUT2D eigenvalue weighted by atomic mass is 16.5. The van der Waals surface area contributed by atoms with E-state index in [-0.39, 0.29) is 24.1 Å². The van der Waals surface area contributed by atoms with E-state index in [1.54, 1.807) is 0 Å². The van der Waals surface area contributed by atoms with E-state index in [1.165, 1.54) is 13.8 Å². The molecule has 0 saturated heterocycles. The Morgan fingerprint density at radius 2 is 1.53 bits per heavy atom. The number of carbonyl (C=O) groups excluding carboxylic acids is 2.